The second-order valence-electron chi connectivity index (χ2n) is 6.85. The van der Waals surface area contributed by atoms with Gasteiger partial charge in [0, 0.05) is 29.8 Å². The summed E-state index contributed by atoms with van der Waals surface area (Å²) in [6.07, 6.45) is 3.37. The van der Waals surface area contributed by atoms with E-state index in [-0.39, 0.29) is 6.10 Å². The highest BCUT2D eigenvalue weighted by Crippen LogP contribution is 2.35. The van der Waals surface area contributed by atoms with Gasteiger partial charge < -0.3 is 20.5 Å². The Kier molecular flexibility index (Phi) is 5.00. The van der Waals surface area contributed by atoms with Crippen LogP contribution in [-0.2, 0) is 11.2 Å². The predicted octanol–water partition coefficient (Wildman–Crippen LogP) is 4.16. The van der Waals surface area contributed by atoms with E-state index < -0.39 is 0 Å². The topological polar surface area (TPSA) is 93.2 Å². The Labute approximate surface area is 163 Å². The minimum absolute atomic E-state index is 0.00695. The number of nitrogens with one attached hydrogen (secondary N) is 1. The Morgan fingerprint density at radius 1 is 1.36 bits per heavy atom. The maximum atomic E-state index is 9.57. The summed E-state index contributed by atoms with van der Waals surface area (Å²) in [6, 6.07) is 14.0. The summed E-state index contributed by atoms with van der Waals surface area (Å²) in [4.78, 5) is 4.44. The summed E-state index contributed by atoms with van der Waals surface area (Å²) in [6.45, 7) is 3.38. The number of hydrogen-bond acceptors (Lipinski definition) is 6. The predicted molar refractivity (Wildman–Crippen MR) is 110 cm³/mol. The van der Waals surface area contributed by atoms with Crippen molar-refractivity contribution < 1.29 is 9.47 Å². The van der Waals surface area contributed by atoms with Gasteiger partial charge in [-0.1, -0.05) is 19.1 Å². The van der Waals surface area contributed by atoms with Crippen molar-refractivity contribution in [2.24, 2.45) is 0 Å². The van der Waals surface area contributed by atoms with Crippen LogP contribution >= 0.6 is 0 Å². The van der Waals surface area contributed by atoms with E-state index in [4.69, 9.17) is 15.2 Å². The van der Waals surface area contributed by atoms with Crippen LogP contribution in [0.3, 0.4) is 0 Å². The molecule has 3 aromatic rings. The zero-order chi connectivity index (χ0) is 19.5. The molecule has 1 atom stereocenters. The number of ether oxygens (including phenoxy) is 2. The molecule has 1 aliphatic rings. The van der Waals surface area contributed by atoms with Gasteiger partial charge in [0.1, 0.15) is 17.9 Å². The molecule has 0 radical (unpaired) electrons. The lowest BCUT2D eigenvalue weighted by atomic mass is 10.1. The van der Waals surface area contributed by atoms with E-state index in [1.165, 1.54) is 5.56 Å². The highest BCUT2D eigenvalue weighted by atomic mass is 16.5. The summed E-state index contributed by atoms with van der Waals surface area (Å²) in [7, 11) is 0. The van der Waals surface area contributed by atoms with Gasteiger partial charge in [0.05, 0.1) is 35.7 Å². The number of nitriles is 1. The van der Waals surface area contributed by atoms with Crippen molar-refractivity contribution in [3.05, 3.63) is 53.7 Å². The normalized spacial score (nSPS) is 16.1. The lowest BCUT2D eigenvalue weighted by Gasteiger charge is -2.17. The molecule has 1 unspecified atom stereocenters. The summed E-state index contributed by atoms with van der Waals surface area (Å²) in [5, 5.41) is 13.7. The highest BCUT2D eigenvalue weighted by Gasteiger charge is 2.19. The van der Waals surface area contributed by atoms with Crippen molar-refractivity contribution in [3.8, 4) is 11.8 Å². The van der Waals surface area contributed by atoms with E-state index in [9.17, 15) is 5.26 Å². The number of rotatable bonds is 5. The molecule has 3 N–H and O–H groups in total. The summed E-state index contributed by atoms with van der Waals surface area (Å²) in [5.41, 5.74) is 10.8. The minimum Gasteiger partial charge on any atom is -0.486 e. The Balaban J connectivity index is 1.75. The molecule has 0 bridgehead atoms. The molecule has 0 saturated carbocycles. The fourth-order valence-electron chi connectivity index (χ4n) is 3.36. The van der Waals surface area contributed by atoms with Gasteiger partial charge in [-0.25, -0.2) is 0 Å². The number of hydrogen-bond donors (Lipinski definition) is 2. The Hall–Kier alpha value is -3.30. The number of aryl methyl sites for hydroxylation is 1. The standard InChI is InChI=1S/C22H22N4O2/c1-2-14-4-3-5-16(8-14)26-22-15(11-23)12-25-20-10-21(19(24)9-18(20)22)28-17-6-7-27-13-17/h3-5,8-10,12,17H,2,6-7,13,24H2,1H3,(H,25,26). The Morgan fingerprint density at radius 3 is 3.00 bits per heavy atom. The van der Waals surface area contributed by atoms with Gasteiger partial charge in [-0.15, -0.1) is 0 Å². The molecule has 4 rings (SSSR count). The number of anilines is 3. The van der Waals surface area contributed by atoms with E-state index in [1.54, 1.807) is 6.20 Å². The van der Waals surface area contributed by atoms with Crippen LogP contribution in [0.25, 0.3) is 10.9 Å². The summed E-state index contributed by atoms with van der Waals surface area (Å²) >= 11 is 0. The molecule has 2 aromatic carbocycles. The Bertz CT molecular complexity index is 1050. The van der Waals surface area contributed by atoms with Crippen LogP contribution in [0.4, 0.5) is 17.1 Å². The van der Waals surface area contributed by atoms with Crippen LogP contribution in [0.15, 0.2) is 42.6 Å². The lowest BCUT2D eigenvalue weighted by molar-refractivity contribution is 0.142. The molecular weight excluding hydrogens is 352 g/mol. The number of pyridine rings is 1. The quantitative estimate of drug-likeness (QED) is 0.651. The first-order valence-electron chi connectivity index (χ1n) is 9.40. The average Bonchev–Trinajstić information content (AvgIpc) is 3.22. The second-order valence-corrected chi connectivity index (χ2v) is 6.85. The minimum atomic E-state index is 0.00695. The van der Waals surface area contributed by atoms with Crippen molar-refractivity contribution in [1.29, 1.82) is 5.26 Å². The van der Waals surface area contributed by atoms with Gasteiger partial charge in [-0.05, 0) is 30.2 Å². The smallest absolute Gasteiger partial charge is 0.144 e. The van der Waals surface area contributed by atoms with E-state index in [2.05, 4.69) is 35.4 Å². The second kappa shape index (κ2) is 7.75. The number of benzene rings is 2. The molecule has 28 heavy (non-hydrogen) atoms. The van der Waals surface area contributed by atoms with Crippen molar-refractivity contribution in [3.63, 3.8) is 0 Å². The van der Waals surface area contributed by atoms with Crippen molar-refractivity contribution in [2.75, 3.05) is 24.3 Å². The fraction of sp³-hybridized carbons (Fsp3) is 0.273. The molecule has 1 fully saturated rings. The molecule has 0 aliphatic carbocycles. The first-order valence-corrected chi connectivity index (χ1v) is 9.40. The first kappa shape index (κ1) is 18.1. The number of nitrogen functional groups attached to an aromatic ring is 1. The molecule has 142 valence electrons. The number of fused-ring (bicyclic) bond motifs is 1. The van der Waals surface area contributed by atoms with Gasteiger partial charge in [-0.3, -0.25) is 4.98 Å². The molecule has 6 nitrogen and oxygen atoms in total. The van der Waals surface area contributed by atoms with Gasteiger partial charge in [0.15, 0.2) is 0 Å². The SMILES string of the molecule is CCc1cccc(Nc2c(C#N)cnc3cc(OC4CCOC4)c(N)cc23)c1. The van der Waals surface area contributed by atoms with Gasteiger partial charge in [0.25, 0.3) is 0 Å². The van der Waals surface area contributed by atoms with E-state index >= 15 is 0 Å². The zero-order valence-electron chi connectivity index (χ0n) is 15.7. The van der Waals surface area contributed by atoms with Crippen molar-refractivity contribution in [2.45, 2.75) is 25.9 Å². The van der Waals surface area contributed by atoms with Gasteiger partial charge in [0.2, 0.25) is 0 Å². The zero-order valence-corrected chi connectivity index (χ0v) is 15.7. The molecule has 1 saturated heterocycles. The maximum absolute atomic E-state index is 9.57. The van der Waals surface area contributed by atoms with Crippen LogP contribution in [0.1, 0.15) is 24.5 Å². The van der Waals surface area contributed by atoms with Crippen molar-refractivity contribution in [1.82, 2.24) is 4.98 Å². The van der Waals surface area contributed by atoms with E-state index in [0.29, 0.717) is 35.9 Å². The number of nitrogens with zero attached hydrogens (tertiary/aromatic N) is 2. The van der Waals surface area contributed by atoms with Crippen LogP contribution in [-0.4, -0.2) is 24.3 Å². The van der Waals surface area contributed by atoms with E-state index in [0.717, 1.165) is 29.4 Å². The van der Waals surface area contributed by atoms with E-state index in [1.807, 2.05) is 24.3 Å². The van der Waals surface area contributed by atoms with Crippen LogP contribution in [0, 0.1) is 11.3 Å². The largest absolute Gasteiger partial charge is 0.486 e. The number of nitrogens with two attached hydrogens (primary N) is 1. The van der Waals surface area contributed by atoms with Gasteiger partial charge in [-0.2, -0.15) is 5.26 Å². The summed E-state index contributed by atoms with van der Waals surface area (Å²) < 4.78 is 11.3. The van der Waals surface area contributed by atoms with Crippen LogP contribution in [0.5, 0.6) is 5.75 Å². The highest BCUT2D eigenvalue weighted by molar-refractivity contribution is 5.98. The summed E-state index contributed by atoms with van der Waals surface area (Å²) in [5.74, 6) is 0.596. The molecule has 1 aromatic heterocycles. The number of aromatic nitrogens is 1. The Morgan fingerprint density at radius 2 is 2.25 bits per heavy atom. The molecule has 6 heteroatoms. The third-order valence-corrected chi connectivity index (χ3v) is 4.91. The first-order chi connectivity index (χ1) is 13.7. The van der Waals surface area contributed by atoms with Crippen molar-refractivity contribution >= 4 is 28.0 Å². The molecule has 1 aliphatic heterocycles. The third-order valence-electron chi connectivity index (χ3n) is 4.91. The lowest BCUT2D eigenvalue weighted by Crippen LogP contribution is -2.16. The molecule has 2 heterocycles. The third kappa shape index (κ3) is 3.57. The van der Waals surface area contributed by atoms with Crippen LogP contribution < -0.4 is 15.8 Å². The maximum Gasteiger partial charge on any atom is 0.144 e. The molecule has 0 amide bonds. The van der Waals surface area contributed by atoms with Gasteiger partial charge >= 0.3 is 0 Å². The monoisotopic (exact) mass is 374 g/mol. The average molecular weight is 374 g/mol. The molecule has 0 spiro atoms. The van der Waals surface area contributed by atoms with Crippen LogP contribution in [0.2, 0.25) is 0 Å². The fourth-order valence-corrected chi connectivity index (χ4v) is 3.36. The molecular formula is C22H22N4O2.